The highest BCUT2D eigenvalue weighted by Crippen LogP contribution is 2.42. The molecule has 1 aromatic heterocycles. The van der Waals surface area contributed by atoms with Crippen LogP contribution in [0.15, 0.2) is 30.3 Å². The standard InChI is InChI=1S/C27H34ClN3O2/c1-16-6-5-7-19(14-16)31-23-12-11-22-20(10-8-17(2)30(22)3)25(23)29-27(31)26(32)18-9-13-24(33-4)21(28)15-18/h9,11-13,15-17,19,26,32H,5-8,10,14H2,1-4H3. The Kier molecular flexibility index (Phi) is 6.04. The maximum Gasteiger partial charge on any atom is 0.143 e. The Hall–Kier alpha value is -2.24. The maximum absolute atomic E-state index is 11.6. The summed E-state index contributed by atoms with van der Waals surface area (Å²) in [7, 11) is 3.77. The van der Waals surface area contributed by atoms with Crippen LogP contribution in [0.3, 0.4) is 0 Å². The molecule has 3 aromatic rings. The largest absolute Gasteiger partial charge is 0.495 e. The molecule has 4 atom stereocenters. The van der Waals surface area contributed by atoms with Gasteiger partial charge in [0.2, 0.25) is 0 Å². The minimum Gasteiger partial charge on any atom is -0.495 e. The summed E-state index contributed by atoms with van der Waals surface area (Å²) in [4.78, 5) is 7.51. The molecule has 0 saturated heterocycles. The van der Waals surface area contributed by atoms with E-state index in [9.17, 15) is 5.11 Å². The highest BCUT2D eigenvalue weighted by atomic mass is 35.5. The second-order valence-corrected chi connectivity index (χ2v) is 10.4. The van der Waals surface area contributed by atoms with E-state index in [1.807, 2.05) is 12.1 Å². The Morgan fingerprint density at radius 2 is 1.97 bits per heavy atom. The molecular formula is C27H34ClN3O2. The molecule has 2 aliphatic rings. The highest BCUT2D eigenvalue weighted by molar-refractivity contribution is 6.32. The first-order valence-electron chi connectivity index (χ1n) is 12.2. The zero-order valence-corrected chi connectivity index (χ0v) is 20.8. The average molecular weight is 468 g/mol. The summed E-state index contributed by atoms with van der Waals surface area (Å²) in [5.74, 6) is 2.00. The number of aliphatic hydroxyl groups excluding tert-OH is 1. The molecule has 2 aromatic carbocycles. The predicted octanol–water partition coefficient (Wildman–Crippen LogP) is 6.30. The molecule has 5 nitrogen and oxygen atoms in total. The number of imidazole rings is 1. The summed E-state index contributed by atoms with van der Waals surface area (Å²) in [5.41, 5.74) is 5.48. The summed E-state index contributed by atoms with van der Waals surface area (Å²) in [6.07, 6.45) is 5.99. The first-order chi connectivity index (χ1) is 15.9. The van der Waals surface area contributed by atoms with Crippen LogP contribution in [0.2, 0.25) is 5.02 Å². The summed E-state index contributed by atoms with van der Waals surface area (Å²) < 4.78 is 7.65. The van der Waals surface area contributed by atoms with Gasteiger partial charge in [0.25, 0.3) is 0 Å². The summed E-state index contributed by atoms with van der Waals surface area (Å²) >= 11 is 6.40. The molecule has 0 radical (unpaired) electrons. The Morgan fingerprint density at radius 3 is 2.70 bits per heavy atom. The van der Waals surface area contributed by atoms with E-state index in [2.05, 4.69) is 42.5 Å². The lowest BCUT2D eigenvalue weighted by molar-refractivity contribution is 0.193. The molecule has 1 N–H and O–H groups in total. The van der Waals surface area contributed by atoms with Gasteiger partial charge in [-0.15, -0.1) is 0 Å². The Balaban J connectivity index is 1.68. The topological polar surface area (TPSA) is 50.5 Å². The third-order valence-corrected chi connectivity index (χ3v) is 8.13. The number of halogens is 1. The summed E-state index contributed by atoms with van der Waals surface area (Å²) in [6, 6.07) is 10.8. The first-order valence-corrected chi connectivity index (χ1v) is 12.5. The van der Waals surface area contributed by atoms with E-state index < -0.39 is 6.10 Å². The average Bonchev–Trinajstić information content (AvgIpc) is 3.20. The lowest BCUT2D eigenvalue weighted by Crippen LogP contribution is -2.33. The first kappa shape index (κ1) is 22.5. The monoisotopic (exact) mass is 467 g/mol. The van der Waals surface area contributed by atoms with Gasteiger partial charge in [-0.3, -0.25) is 0 Å². The third kappa shape index (κ3) is 3.89. The van der Waals surface area contributed by atoms with Crippen LogP contribution in [0.5, 0.6) is 5.75 Å². The molecule has 33 heavy (non-hydrogen) atoms. The van der Waals surface area contributed by atoms with Crippen LogP contribution in [-0.2, 0) is 6.42 Å². The minimum absolute atomic E-state index is 0.343. The van der Waals surface area contributed by atoms with Crippen molar-refractivity contribution in [3.05, 3.63) is 52.3 Å². The third-order valence-electron chi connectivity index (χ3n) is 7.83. The molecule has 0 spiro atoms. The number of hydrogen-bond acceptors (Lipinski definition) is 4. The molecule has 6 heteroatoms. The Morgan fingerprint density at radius 1 is 1.15 bits per heavy atom. The zero-order chi connectivity index (χ0) is 23.3. The second-order valence-electron chi connectivity index (χ2n) is 9.99. The van der Waals surface area contributed by atoms with Crippen LogP contribution in [0.4, 0.5) is 5.69 Å². The number of aliphatic hydroxyl groups is 1. The molecule has 1 aliphatic carbocycles. The van der Waals surface area contributed by atoms with Crippen molar-refractivity contribution < 1.29 is 9.84 Å². The van der Waals surface area contributed by atoms with Crippen molar-refractivity contribution in [2.75, 3.05) is 19.1 Å². The van der Waals surface area contributed by atoms with Crippen molar-refractivity contribution >= 4 is 28.3 Å². The van der Waals surface area contributed by atoms with E-state index in [1.165, 1.54) is 24.1 Å². The SMILES string of the molecule is COc1ccc(C(O)c2nc3c4c(ccc3n2C2CCCC(C)C2)N(C)C(C)CC4)cc1Cl. The lowest BCUT2D eigenvalue weighted by Gasteiger charge is -2.34. The van der Waals surface area contributed by atoms with Gasteiger partial charge >= 0.3 is 0 Å². The number of nitrogens with zero attached hydrogens (tertiary/aromatic N) is 3. The van der Waals surface area contributed by atoms with Crippen LogP contribution in [-0.4, -0.2) is 34.9 Å². The van der Waals surface area contributed by atoms with E-state index in [1.54, 1.807) is 13.2 Å². The number of benzene rings is 2. The highest BCUT2D eigenvalue weighted by Gasteiger charge is 2.31. The molecule has 2 heterocycles. The number of aryl methyl sites for hydroxylation is 1. The van der Waals surface area contributed by atoms with Crippen molar-refractivity contribution in [1.82, 2.24) is 9.55 Å². The quantitative estimate of drug-likeness (QED) is 0.489. The van der Waals surface area contributed by atoms with Gasteiger partial charge in [0.05, 0.1) is 23.2 Å². The van der Waals surface area contributed by atoms with E-state index in [-0.39, 0.29) is 0 Å². The van der Waals surface area contributed by atoms with Crippen LogP contribution in [0.1, 0.15) is 75.0 Å². The molecule has 176 valence electrons. The molecule has 1 aliphatic heterocycles. The van der Waals surface area contributed by atoms with Gasteiger partial charge < -0.3 is 19.3 Å². The van der Waals surface area contributed by atoms with Crippen molar-refractivity contribution in [2.24, 2.45) is 5.92 Å². The summed E-state index contributed by atoms with van der Waals surface area (Å²) in [6.45, 7) is 4.61. The van der Waals surface area contributed by atoms with Gasteiger partial charge in [0.15, 0.2) is 0 Å². The predicted molar refractivity (Wildman–Crippen MR) is 135 cm³/mol. The van der Waals surface area contributed by atoms with Crippen LogP contribution >= 0.6 is 11.6 Å². The fraction of sp³-hybridized carbons (Fsp3) is 0.519. The van der Waals surface area contributed by atoms with Gasteiger partial charge in [-0.1, -0.05) is 37.4 Å². The van der Waals surface area contributed by atoms with Crippen LogP contribution in [0.25, 0.3) is 11.0 Å². The lowest BCUT2D eigenvalue weighted by atomic mass is 9.86. The molecular weight excluding hydrogens is 434 g/mol. The number of rotatable bonds is 4. The van der Waals surface area contributed by atoms with Crippen molar-refractivity contribution in [1.29, 1.82) is 0 Å². The molecule has 4 unspecified atom stereocenters. The molecule has 5 rings (SSSR count). The van der Waals surface area contributed by atoms with E-state index in [4.69, 9.17) is 21.3 Å². The zero-order valence-electron chi connectivity index (χ0n) is 20.0. The molecule has 1 fully saturated rings. The van der Waals surface area contributed by atoms with Crippen molar-refractivity contribution in [3.63, 3.8) is 0 Å². The summed E-state index contributed by atoms with van der Waals surface area (Å²) in [5, 5.41) is 12.1. The van der Waals surface area contributed by atoms with Crippen LogP contribution < -0.4 is 9.64 Å². The minimum atomic E-state index is -0.853. The smallest absolute Gasteiger partial charge is 0.143 e. The Bertz CT molecular complexity index is 1170. The number of methoxy groups -OCH3 is 1. The number of ether oxygens (including phenoxy) is 1. The molecule has 0 amide bonds. The normalized spacial score (nSPS) is 24.1. The van der Waals surface area contributed by atoms with Gasteiger partial charge in [-0.25, -0.2) is 4.98 Å². The number of fused-ring (bicyclic) bond motifs is 3. The van der Waals surface area contributed by atoms with Crippen LogP contribution in [0, 0.1) is 5.92 Å². The maximum atomic E-state index is 11.6. The van der Waals surface area contributed by atoms with E-state index in [0.29, 0.717) is 28.8 Å². The number of hydrogen-bond donors (Lipinski definition) is 1. The molecule has 1 saturated carbocycles. The van der Waals surface area contributed by atoms with Gasteiger partial charge in [-0.05, 0) is 68.4 Å². The second kappa shape index (κ2) is 8.84. The molecule has 0 bridgehead atoms. The van der Waals surface area contributed by atoms with E-state index >= 15 is 0 Å². The number of anilines is 1. The van der Waals surface area contributed by atoms with Gasteiger partial charge in [0.1, 0.15) is 17.7 Å². The number of aromatic nitrogens is 2. The Labute approximate surface area is 201 Å². The van der Waals surface area contributed by atoms with Gasteiger partial charge in [-0.2, -0.15) is 0 Å². The van der Waals surface area contributed by atoms with Gasteiger partial charge in [0, 0.05) is 30.4 Å². The van der Waals surface area contributed by atoms with E-state index in [0.717, 1.165) is 48.1 Å². The van der Waals surface area contributed by atoms with Crippen molar-refractivity contribution in [3.8, 4) is 5.75 Å². The fourth-order valence-corrected chi connectivity index (χ4v) is 6.07. The van der Waals surface area contributed by atoms with Crippen molar-refractivity contribution in [2.45, 2.75) is 70.6 Å². The fourth-order valence-electron chi connectivity index (χ4n) is 5.80.